The van der Waals surface area contributed by atoms with E-state index in [1.54, 1.807) is 25.0 Å². The number of carbonyl (C=O) groups is 2. The zero-order valence-corrected chi connectivity index (χ0v) is 13.4. The molecule has 0 aromatic carbocycles. The molecule has 0 radical (unpaired) electrons. The fourth-order valence-electron chi connectivity index (χ4n) is 2.09. The van der Waals surface area contributed by atoms with Gasteiger partial charge in [0.2, 0.25) is 0 Å². The van der Waals surface area contributed by atoms with Gasteiger partial charge in [0.05, 0.1) is 25.3 Å². The molecule has 0 unspecified atom stereocenters. The second kappa shape index (κ2) is 7.45. The molecule has 6 nitrogen and oxygen atoms in total. The fourth-order valence-corrected chi connectivity index (χ4v) is 2.09. The minimum Gasteiger partial charge on any atom is -0.463 e. The molecule has 1 rings (SSSR count). The number of rotatable bonds is 4. The standard InChI is InChI=1S/C15H25NO5/c1-6-20-13(17)8-7-11-9-12(19-5)10-16(11)14(18)21-15(2,3)4/h7-8,11-12H,6,9-10H2,1-5H3/b8-7+/t11-,12+/m1/s1. The van der Waals surface area contributed by atoms with Crippen LogP contribution < -0.4 is 0 Å². The molecule has 0 saturated carbocycles. The molecule has 1 amide bonds. The van der Waals surface area contributed by atoms with Gasteiger partial charge >= 0.3 is 12.1 Å². The van der Waals surface area contributed by atoms with Crippen LogP contribution in [0.2, 0.25) is 0 Å². The zero-order chi connectivity index (χ0) is 16.0. The summed E-state index contributed by atoms with van der Waals surface area (Å²) in [6.45, 7) is 7.97. The van der Waals surface area contributed by atoms with E-state index in [4.69, 9.17) is 14.2 Å². The van der Waals surface area contributed by atoms with Crippen LogP contribution in [0.4, 0.5) is 4.79 Å². The highest BCUT2D eigenvalue weighted by Crippen LogP contribution is 2.23. The molecule has 0 aromatic rings. The monoisotopic (exact) mass is 299 g/mol. The summed E-state index contributed by atoms with van der Waals surface area (Å²) in [6, 6.07) is -0.228. The molecule has 0 aliphatic carbocycles. The molecule has 0 bridgehead atoms. The molecule has 1 aliphatic heterocycles. The summed E-state index contributed by atoms with van der Waals surface area (Å²) in [5.41, 5.74) is -0.558. The number of hydrogen-bond donors (Lipinski definition) is 0. The maximum atomic E-state index is 12.2. The lowest BCUT2D eigenvalue weighted by atomic mass is 10.2. The molecular weight excluding hydrogens is 274 g/mol. The van der Waals surface area contributed by atoms with Crippen LogP contribution in [0, 0.1) is 0 Å². The maximum absolute atomic E-state index is 12.2. The Morgan fingerprint density at radius 3 is 2.52 bits per heavy atom. The van der Waals surface area contributed by atoms with Gasteiger partial charge in [0.15, 0.2) is 0 Å². The first-order valence-corrected chi connectivity index (χ1v) is 7.14. The number of carbonyl (C=O) groups excluding carboxylic acids is 2. The number of likely N-dealkylation sites (tertiary alicyclic amines) is 1. The number of methoxy groups -OCH3 is 1. The van der Waals surface area contributed by atoms with Gasteiger partial charge in [-0.3, -0.25) is 4.90 Å². The third-order valence-corrected chi connectivity index (χ3v) is 3.01. The van der Waals surface area contributed by atoms with E-state index in [-0.39, 0.29) is 12.1 Å². The molecule has 0 N–H and O–H groups in total. The van der Waals surface area contributed by atoms with Crippen LogP contribution in [-0.2, 0) is 19.0 Å². The van der Waals surface area contributed by atoms with Crippen LogP contribution in [0.15, 0.2) is 12.2 Å². The van der Waals surface area contributed by atoms with Crippen LogP contribution in [0.5, 0.6) is 0 Å². The molecule has 0 aromatic heterocycles. The van der Waals surface area contributed by atoms with Crippen molar-refractivity contribution in [3.05, 3.63) is 12.2 Å². The van der Waals surface area contributed by atoms with E-state index in [1.165, 1.54) is 6.08 Å². The number of amides is 1. The van der Waals surface area contributed by atoms with E-state index < -0.39 is 17.7 Å². The van der Waals surface area contributed by atoms with Crippen molar-refractivity contribution >= 4 is 12.1 Å². The van der Waals surface area contributed by atoms with Gasteiger partial charge in [-0.25, -0.2) is 9.59 Å². The number of esters is 1. The second-order valence-electron chi connectivity index (χ2n) is 5.90. The largest absolute Gasteiger partial charge is 0.463 e. The highest BCUT2D eigenvalue weighted by Gasteiger charge is 2.36. The van der Waals surface area contributed by atoms with Crippen molar-refractivity contribution in [2.45, 2.75) is 51.9 Å². The average Bonchev–Trinajstić information content (AvgIpc) is 2.78. The third kappa shape index (κ3) is 5.75. The van der Waals surface area contributed by atoms with Crippen molar-refractivity contribution in [3.8, 4) is 0 Å². The second-order valence-corrected chi connectivity index (χ2v) is 5.90. The van der Waals surface area contributed by atoms with Crippen molar-refractivity contribution in [1.82, 2.24) is 4.90 Å². The van der Waals surface area contributed by atoms with Gasteiger partial charge in [-0.15, -0.1) is 0 Å². The lowest BCUT2D eigenvalue weighted by Crippen LogP contribution is -2.39. The molecule has 21 heavy (non-hydrogen) atoms. The van der Waals surface area contributed by atoms with Crippen molar-refractivity contribution in [3.63, 3.8) is 0 Å². The van der Waals surface area contributed by atoms with Gasteiger partial charge in [0, 0.05) is 13.2 Å². The van der Waals surface area contributed by atoms with E-state index in [0.29, 0.717) is 19.6 Å². The number of ether oxygens (including phenoxy) is 3. The van der Waals surface area contributed by atoms with Crippen LogP contribution in [-0.4, -0.2) is 55.0 Å². The minimum atomic E-state index is -0.558. The van der Waals surface area contributed by atoms with Gasteiger partial charge in [-0.2, -0.15) is 0 Å². The minimum absolute atomic E-state index is 0.0608. The van der Waals surface area contributed by atoms with E-state index in [9.17, 15) is 9.59 Å². The van der Waals surface area contributed by atoms with Gasteiger partial charge in [0.1, 0.15) is 5.60 Å². The molecule has 0 spiro atoms. The first-order valence-electron chi connectivity index (χ1n) is 7.14. The summed E-state index contributed by atoms with van der Waals surface area (Å²) < 4.78 is 15.5. The molecule has 1 aliphatic rings. The predicted octanol–water partition coefficient (Wildman–Crippen LogP) is 2.13. The van der Waals surface area contributed by atoms with Crippen LogP contribution in [0.25, 0.3) is 0 Å². The van der Waals surface area contributed by atoms with Gasteiger partial charge in [-0.05, 0) is 34.1 Å². The van der Waals surface area contributed by atoms with Crippen LogP contribution in [0.3, 0.4) is 0 Å². The molecule has 2 atom stereocenters. The molecule has 120 valence electrons. The Bertz CT molecular complexity index is 399. The first kappa shape index (κ1) is 17.5. The van der Waals surface area contributed by atoms with Gasteiger partial charge in [-0.1, -0.05) is 6.08 Å². The molecule has 1 saturated heterocycles. The summed E-state index contributed by atoms with van der Waals surface area (Å²) in [7, 11) is 1.61. The van der Waals surface area contributed by atoms with E-state index in [0.717, 1.165) is 0 Å². The predicted molar refractivity (Wildman–Crippen MR) is 77.9 cm³/mol. The maximum Gasteiger partial charge on any atom is 0.410 e. The average molecular weight is 299 g/mol. The van der Waals surface area contributed by atoms with E-state index in [1.807, 2.05) is 20.8 Å². The molecular formula is C15H25NO5. The third-order valence-electron chi connectivity index (χ3n) is 3.01. The van der Waals surface area contributed by atoms with E-state index in [2.05, 4.69) is 0 Å². The van der Waals surface area contributed by atoms with Gasteiger partial charge < -0.3 is 14.2 Å². The van der Waals surface area contributed by atoms with Gasteiger partial charge in [0.25, 0.3) is 0 Å². The smallest absolute Gasteiger partial charge is 0.410 e. The van der Waals surface area contributed by atoms with Crippen molar-refractivity contribution in [2.75, 3.05) is 20.3 Å². The fraction of sp³-hybridized carbons (Fsp3) is 0.733. The van der Waals surface area contributed by atoms with E-state index >= 15 is 0 Å². The first-order chi connectivity index (χ1) is 9.76. The zero-order valence-electron chi connectivity index (χ0n) is 13.4. The Morgan fingerprint density at radius 2 is 2.00 bits per heavy atom. The Kier molecular flexibility index (Phi) is 6.20. The normalized spacial score (nSPS) is 22.6. The Morgan fingerprint density at radius 1 is 1.33 bits per heavy atom. The summed E-state index contributed by atoms with van der Waals surface area (Å²) >= 11 is 0. The Labute approximate surface area is 126 Å². The lowest BCUT2D eigenvalue weighted by Gasteiger charge is -2.27. The van der Waals surface area contributed by atoms with Crippen LogP contribution in [0.1, 0.15) is 34.1 Å². The highest BCUT2D eigenvalue weighted by molar-refractivity contribution is 5.82. The number of hydrogen-bond acceptors (Lipinski definition) is 5. The number of nitrogens with zero attached hydrogens (tertiary/aromatic N) is 1. The highest BCUT2D eigenvalue weighted by atomic mass is 16.6. The topological polar surface area (TPSA) is 65.1 Å². The molecule has 1 fully saturated rings. The van der Waals surface area contributed by atoms with Crippen LogP contribution >= 0.6 is 0 Å². The quantitative estimate of drug-likeness (QED) is 0.588. The summed E-state index contributed by atoms with van der Waals surface area (Å²) in [5, 5.41) is 0. The molecule has 1 heterocycles. The SMILES string of the molecule is CCOC(=O)/C=C/[C@@H]1C[C@H](OC)CN1C(=O)OC(C)(C)C. The van der Waals surface area contributed by atoms with Crippen molar-refractivity contribution in [2.24, 2.45) is 0 Å². The molecule has 6 heteroatoms. The Balaban J connectivity index is 2.74. The lowest BCUT2D eigenvalue weighted by molar-refractivity contribution is -0.137. The summed E-state index contributed by atoms with van der Waals surface area (Å²) in [6.07, 6.45) is 3.19. The van der Waals surface area contributed by atoms with Crippen molar-refractivity contribution in [1.29, 1.82) is 0 Å². The van der Waals surface area contributed by atoms with Crippen molar-refractivity contribution < 1.29 is 23.8 Å². The summed E-state index contributed by atoms with van der Waals surface area (Å²) in [4.78, 5) is 25.2. The Hall–Kier alpha value is -1.56. The summed E-state index contributed by atoms with van der Waals surface area (Å²) in [5.74, 6) is -0.414.